The maximum atomic E-state index is 11.9. The number of furan rings is 1. The molecule has 0 aliphatic heterocycles. The molecule has 7 nitrogen and oxygen atoms in total. The Bertz CT molecular complexity index is 932. The first-order valence-corrected chi connectivity index (χ1v) is 7.37. The van der Waals surface area contributed by atoms with Crippen LogP contribution >= 0.6 is 0 Å². The number of carbonyl (C=O) groups is 1. The molecule has 1 N–H and O–H groups in total. The van der Waals surface area contributed by atoms with E-state index in [1.54, 1.807) is 54.6 Å². The third-order valence-corrected chi connectivity index (χ3v) is 3.39. The average molecular weight is 335 g/mol. The molecule has 0 aliphatic carbocycles. The first-order chi connectivity index (χ1) is 12.1. The van der Waals surface area contributed by atoms with E-state index in [9.17, 15) is 14.9 Å². The summed E-state index contributed by atoms with van der Waals surface area (Å²) in [6, 6.07) is 18.2. The molecule has 7 heteroatoms. The summed E-state index contributed by atoms with van der Waals surface area (Å²) >= 11 is 0. The van der Waals surface area contributed by atoms with Gasteiger partial charge in [-0.05, 0) is 30.3 Å². The summed E-state index contributed by atoms with van der Waals surface area (Å²) in [5.41, 5.74) is 3.21. The molecular weight excluding hydrogens is 322 g/mol. The second-order valence-corrected chi connectivity index (χ2v) is 5.04. The van der Waals surface area contributed by atoms with E-state index in [2.05, 4.69) is 10.5 Å². The quantitative estimate of drug-likeness (QED) is 0.437. The molecule has 0 spiro atoms. The van der Waals surface area contributed by atoms with Crippen molar-refractivity contribution < 1.29 is 14.1 Å². The minimum atomic E-state index is -0.467. The van der Waals surface area contributed by atoms with Crippen LogP contribution in [0.15, 0.2) is 76.2 Å². The van der Waals surface area contributed by atoms with Gasteiger partial charge in [0.1, 0.15) is 11.5 Å². The van der Waals surface area contributed by atoms with Crippen LogP contribution < -0.4 is 5.43 Å². The smallest absolute Gasteiger partial charge is 0.280 e. The molecule has 1 aromatic heterocycles. The fraction of sp³-hybridized carbons (Fsp3) is 0. The molecular formula is C18H13N3O4. The summed E-state index contributed by atoms with van der Waals surface area (Å²) in [6.07, 6.45) is 1.33. The molecule has 3 aromatic rings. The molecule has 124 valence electrons. The van der Waals surface area contributed by atoms with Crippen molar-refractivity contribution in [2.75, 3.05) is 0 Å². The molecule has 2 aromatic carbocycles. The number of nitrogens with zero attached hydrogens (tertiary/aromatic N) is 2. The van der Waals surface area contributed by atoms with Crippen molar-refractivity contribution in [2.45, 2.75) is 0 Å². The molecule has 1 amide bonds. The van der Waals surface area contributed by atoms with Gasteiger partial charge in [0.2, 0.25) is 0 Å². The molecule has 0 saturated heterocycles. The van der Waals surface area contributed by atoms with E-state index in [4.69, 9.17) is 4.42 Å². The van der Waals surface area contributed by atoms with Crippen molar-refractivity contribution >= 4 is 17.8 Å². The molecule has 1 heterocycles. The Morgan fingerprint density at radius 3 is 2.52 bits per heavy atom. The minimum Gasteiger partial charge on any atom is -0.455 e. The highest BCUT2D eigenvalue weighted by molar-refractivity contribution is 5.94. The van der Waals surface area contributed by atoms with Gasteiger partial charge < -0.3 is 4.42 Å². The van der Waals surface area contributed by atoms with Gasteiger partial charge in [-0.25, -0.2) is 5.43 Å². The first kappa shape index (κ1) is 16.1. The first-order valence-electron chi connectivity index (χ1n) is 7.37. The summed E-state index contributed by atoms with van der Waals surface area (Å²) in [6.45, 7) is 0. The zero-order valence-corrected chi connectivity index (χ0v) is 13.0. The molecule has 0 aliphatic rings. The highest BCUT2D eigenvalue weighted by atomic mass is 16.6. The molecule has 3 rings (SSSR count). The normalized spacial score (nSPS) is 10.7. The monoisotopic (exact) mass is 335 g/mol. The number of para-hydroxylation sites is 1. The Balaban J connectivity index is 1.72. The second-order valence-electron chi connectivity index (χ2n) is 5.04. The van der Waals surface area contributed by atoms with Gasteiger partial charge in [-0.2, -0.15) is 5.10 Å². The minimum absolute atomic E-state index is 0.0438. The molecule has 0 saturated carbocycles. The average Bonchev–Trinajstić information content (AvgIpc) is 3.11. The zero-order valence-electron chi connectivity index (χ0n) is 13.0. The Morgan fingerprint density at radius 2 is 1.76 bits per heavy atom. The van der Waals surface area contributed by atoms with E-state index >= 15 is 0 Å². The van der Waals surface area contributed by atoms with Gasteiger partial charge in [0, 0.05) is 11.6 Å². The Hall–Kier alpha value is -3.74. The van der Waals surface area contributed by atoms with Crippen molar-refractivity contribution in [1.82, 2.24) is 5.43 Å². The summed E-state index contributed by atoms with van der Waals surface area (Å²) in [5.74, 6) is 0.368. The molecule has 0 radical (unpaired) electrons. The van der Waals surface area contributed by atoms with Gasteiger partial charge in [-0.15, -0.1) is 0 Å². The van der Waals surface area contributed by atoms with Crippen LogP contribution in [-0.4, -0.2) is 17.0 Å². The summed E-state index contributed by atoms with van der Waals surface area (Å²) < 4.78 is 5.54. The lowest BCUT2D eigenvalue weighted by Crippen LogP contribution is -2.17. The van der Waals surface area contributed by atoms with Crippen LogP contribution in [0.5, 0.6) is 0 Å². The Kier molecular flexibility index (Phi) is 4.66. The van der Waals surface area contributed by atoms with Crippen LogP contribution in [0.2, 0.25) is 0 Å². The number of hydrogen-bond donors (Lipinski definition) is 1. The number of hydrazone groups is 1. The van der Waals surface area contributed by atoms with Crippen LogP contribution in [0.25, 0.3) is 11.3 Å². The van der Waals surface area contributed by atoms with Crippen LogP contribution in [-0.2, 0) is 0 Å². The van der Waals surface area contributed by atoms with Crippen molar-refractivity contribution in [2.24, 2.45) is 5.10 Å². The van der Waals surface area contributed by atoms with E-state index in [0.29, 0.717) is 22.6 Å². The lowest BCUT2D eigenvalue weighted by atomic mass is 10.1. The van der Waals surface area contributed by atoms with Crippen molar-refractivity contribution in [1.29, 1.82) is 0 Å². The van der Waals surface area contributed by atoms with E-state index in [1.807, 2.05) is 6.07 Å². The van der Waals surface area contributed by atoms with Crippen LogP contribution in [0.3, 0.4) is 0 Å². The highest BCUT2D eigenvalue weighted by Crippen LogP contribution is 2.30. The zero-order chi connectivity index (χ0) is 17.6. The van der Waals surface area contributed by atoms with Gasteiger partial charge in [0.05, 0.1) is 16.7 Å². The number of nitro groups is 1. The highest BCUT2D eigenvalue weighted by Gasteiger charge is 2.16. The Morgan fingerprint density at radius 1 is 1.04 bits per heavy atom. The van der Waals surface area contributed by atoms with Gasteiger partial charge in [-0.3, -0.25) is 14.9 Å². The largest absolute Gasteiger partial charge is 0.455 e. The molecule has 0 bridgehead atoms. The standard InChI is InChI=1S/C18H13N3O4/c22-18(13-6-2-1-3-7-13)20-19-12-14-10-11-17(25-14)15-8-4-5-9-16(15)21(23)24/h1-12H,(H,20,22)/b19-12-. The van der Waals surface area contributed by atoms with Crippen molar-refractivity contribution in [3.05, 3.63) is 88.2 Å². The van der Waals surface area contributed by atoms with E-state index in [-0.39, 0.29) is 11.6 Å². The van der Waals surface area contributed by atoms with Crippen molar-refractivity contribution in [3.8, 4) is 11.3 Å². The maximum absolute atomic E-state index is 11.9. The van der Waals surface area contributed by atoms with Crippen LogP contribution in [0.1, 0.15) is 16.1 Å². The molecule has 0 unspecified atom stereocenters. The van der Waals surface area contributed by atoms with Crippen LogP contribution in [0.4, 0.5) is 5.69 Å². The topological polar surface area (TPSA) is 97.7 Å². The third kappa shape index (κ3) is 3.78. The number of hydrogen-bond acceptors (Lipinski definition) is 5. The lowest BCUT2D eigenvalue weighted by molar-refractivity contribution is -0.384. The number of nitrogens with one attached hydrogen (secondary N) is 1. The summed E-state index contributed by atoms with van der Waals surface area (Å²) in [7, 11) is 0. The van der Waals surface area contributed by atoms with Gasteiger partial charge in [-0.1, -0.05) is 30.3 Å². The number of nitro benzene ring substituents is 1. The maximum Gasteiger partial charge on any atom is 0.280 e. The number of carbonyl (C=O) groups excluding carboxylic acids is 1. The fourth-order valence-corrected chi connectivity index (χ4v) is 2.22. The third-order valence-electron chi connectivity index (χ3n) is 3.39. The lowest BCUT2D eigenvalue weighted by Gasteiger charge is -1.99. The van der Waals surface area contributed by atoms with Crippen LogP contribution in [0, 0.1) is 10.1 Å². The number of rotatable bonds is 5. The van der Waals surface area contributed by atoms with Gasteiger partial charge >= 0.3 is 0 Å². The van der Waals surface area contributed by atoms with Gasteiger partial charge in [0.25, 0.3) is 11.6 Å². The summed E-state index contributed by atoms with van der Waals surface area (Å²) in [5, 5.41) is 14.9. The second kappa shape index (κ2) is 7.22. The molecule has 0 atom stereocenters. The molecule has 0 fully saturated rings. The fourth-order valence-electron chi connectivity index (χ4n) is 2.22. The summed E-state index contributed by atoms with van der Waals surface area (Å²) in [4.78, 5) is 22.5. The number of amides is 1. The Labute approximate surface area is 142 Å². The van der Waals surface area contributed by atoms with Gasteiger partial charge in [0.15, 0.2) is 0 Å². The molecule has 25 heavy (non-hydrogen) atoms. The SMILES string of the molecule is O=C(N/N=C\c1ccc(-c2ccccc2[N+](=O)[O-])o1)c1ccccc1. The van der Waals surface area contributed by atoms with E-state index in [1.165, 1.54) is 12.3 Å². The van der Waals surface area contributed by atoms with Crippen molar-refractivity contribution in [3.63, 3.8) is 0 Å². The predicted molar refractivity (Wildman–Crippen MR) is 92.3 cm³/mol. The predicted octanol–water partition coefficient (Wildman–Crippen LogP) is 3.62. The number of benzene rings is 2. The van der Waals surface area contributed by atoms with E-state index in [0.717, 1.165) is 0 Å². The van der Waals surface area contributed by atoms with E-state index < -0.39 is 4.92 Å².